The van der Waals surface area contributed by atoms with Gasteiger partial charge in [0.15, 0.2) is 0 Å². The largest absolute Gasteiger partial charge is 0.348 e. The van der Waals surface area contributed by atoms with Crippen LogP contribution in [-0.2, 0) is 20.2 Å². The van der Waals surface area contributed by atoms with Crippen LogP contribution in [0.4, 0.5) is 5.69 Å². The van der Waals surface area contributed by atoms with Crippen LogP contribution in [0.25, 0.3) is 0 Å². The van der Waals surface area contributed by atoms with Crippen molar-refractivity contribution in [1.82, 2.24) is 5.32 Å². The van der Waals surface area contributed by atoms with Crippen LogP contribution in [0.2, 0.25) is 0 Å². The van der Waals surface area contributed by atoms with Gasteiger partial charge in [0.2, 0.25) is 15.9 Å². The molecule has 0 bridgehead atoms. The summed E-state index contributed by atoms with van der Waals surface area (Å²) in [6.45, 7) is 9.94. The second-order valence-electron chi connectivity index (χ2n) is 8.36. The van der Waals surface area contributed by atoms with E-state index in [0.717, 1.165) is 26.2 Å². The Kier molecular flexibility index (Phi) is 7.17. The van der Waals surface area contributed by atoms with Crippen molar-refractivity contribution in [2.75, 3.05) is 17.1 Å². The van der Waals surface area contributed by atoms with E-state index in [-0.39, 0.29) is 23.9 Å². The number of carbonyl (C=O) groups is 1. The predicted octanol–water partition coefficient (Wildman–Crippen LogP) is 4.70. The second kappa shape index (κ2) is 8.88. The Bertz CT molecular complexity index is 980. The molecule has 1 N–H and O–H groups in total. The summed E-state index contributed by atoms with van der Waals surface area (Å²) in [5, 5.41) is 2.90. The van der Waals surface area contributed by atoms with Crippen molar-refractivity contribution in [3.63, 3.8) is 0 Å². The molecule has 0 radical (unpaired) electrons. The molecule has 29 heavy (non-hydrogen) atoms. The molecule has 1 atom stereocenters. The van der Waals surface area contributed by atoms with Crippen LogP contribution < -0.4 is 9.62 Å². The van der Waals surface area contributed by atoms with E-state index in [1.54, 1.807) is 18.2 Å². The van der Waals surface area contributed by atoms with Gasteiger partial charge in [-0.05, 0) is 54.2 Å². The van der Waals surface area contributed by atoms with Gasteiger partial charge in [0.25, 0.3) is 0 Å². The van der Waals surface area contributed by atoms with Crippen molar-refractivity contribution in [3.8, 4) is 0 Å². The second-order valence-corrected chi connectivity index (χ2v) is 11.1. The zero-order chi connectivity index (χ0) is 22.0. The molecule has 2 aromatic rings. The lowest BCUT2D eigenvalue weighted by Gasteiger charge is -2.24. The molecule has 158 valence electrons. The lowest BCUT2D eigenvalue weighted by Crippen LogP contribution is -2.41. The Labute approximate surface area is 182 Å². The van der Waals surface area contributed by atoms with Crippen LogP contribution in [0, 0.1) is 6.92 Å². The Balaban J connectivity index is 2.14. The summed E-state index contributed by atoms with van der Waals surface area (Å²) in [5.74, 6) is -0.358. The van der Waals surface area contributed by atoms with Gasteiger partial charge in [0.05, 0.1) is 18.0 Å². The molecule has 2 rings (SSSR count). The number of hydrogen-bond acceptors (Lipinski definition) is 3. The molecule has 1 amide bonds. The standard InChI is InChI=1S/C22H29BrN2O3S/c1-15-13-19(11-12-20(15)23)25(29(6,27)28)14-21(26)24-16(2)17-7-9-18(10-8-17)22(3,4)5/h7-13,16H,14H2,1-6H3,(H,24,26)/t16-/m1/s1. The van der Waals surface area contributed by atoms with Gasteiger partial charge in [0.1, 0.15) is 6.54 Å². The monoisotopic (exact) mass is 480 g/mol. The minimum Gasteiger partial charge on any atom is -0.348 e. The Morgan fingerprint density at radius 2 is 1.72 bits per heavy atom. The number of anilines is 1. The molecule has 0 unspecified atom stereocenters. The molecule has 0 saturated heterocycles. The number of benzene rings is 2. The third kappa shape index (κ3) is 6.31. The molecule has 0 saturated carbocycles. The van der Waals surface area contributed by atoms with Crippen molar-refractivity contribution in [1.29, 1.82) is 0 Å². The van der Waals surface area contributed by atoms with Gasteiger partial charge in [-0.25, -0.2) is 8.42 Å². The number of amides is 1. The molecule has 0 aliphatic heterocycles. The zero-order valence-electron chi connectivity index (χ0n) is 17.8. The van der Waals surface area contributed by atoms with Crippen LogP contribution in [0.15, 0.2) is 46.9 Å². The highest BCUT2D eigenvalue weighted by molar-refractivity contribution is 9.10. The molecule has 0 aliphatic carbocycles. The number of nitrogens with one attached hydrogen (secondary N) is 1. The highest BCUT2D eigenvalue weighted by Gasteiger charge is 2.22. The van der Waals surface area contributed by atoms with Crippen LogP contribution in [0.1, 0.15) is 50.4 Å². The molecule has 0 heterocycles. The first-order valence-corrected chi connectivity index (χ1v) is 12.1. The van der Waals surface area contributed by atoms with Crippen molar-refractivity contribution < 1.29 is 13.2 Å². The molecule has 0 aromatic heterocycles. The zero-order valence-corrected chi connectivity index (χ0v) is 20.2. The summed E-state index contributed by atoms with van der Waals surface area (Å²) in [6.07, 6.45) is 1.10. The number of nitrogens with zero attached hydrogens (tertiary/aromatic N) is 1. The normalized spacial score (nSPS) is 13.1. The first-order chi connectivity index (χ1) is 13.3. The van der Waals surface area contributed by atoms with Gasteiger partial charge in [-0.3, -0.25) is 9.10 Å². The van der Waals surface area contributed by atoms with E-state index in [1.165, 1.54) is 5.56 Å². The van der Waals surface area contributed by atoms with Crippen LogP contribution in [0.3, 0.4) is 0 Å². The fourth-order valence-corrected chi connectivity index (χ4v) is 4.05. The van der Waals surface area contributed by atoms with Crippen LogP contribution in [0.5, 0.6) is 0 Å². The highest BCUT2D eigenvalue weighted by atomic mass is 79.9. The maximum Gasteiger partial charge on any atom is 0.241 e. The number of aryl methyl sites for hydroxylation is 1. The topological polar surface area (TPSA) is 66.5 Å². The molecular formula is C22H29BrN2O3S. The Morgan fingerprint density at radius 1 is 1.14 bits per heavy atom. The lowest BCUT2D eigenvalue weighted by molar-refractivity contribution is -0.120. The molecule has 5 nitrogen and oxygen atoms in total. The highest BCUT2D eigenvalue weighted by Crippen LogP contribution is 2.25. The molecule has 2 aromatic carbocycles. The van der Waals surface area contributed by atoms with Gasteiger partial charge in [-0.1, -0.05) is 61.0 Å². The molecule has 0 aliphatic rings. The van der Waals surface area contributed by atoms with Gasteiger partial charge >= 0.3 is 0 Å². The lowest BCUT2D eigenvalue weighted by atomic mass is 9.86. The average Bonchev–Trinajstić information content (AvgIpc) is 2.60. The van der Waals surface area contributed by atoms with Gasteiger partial charge in [-0.15, -0.1) is 0 Å². The van der Waals surface area contributed by atoms with E-state index in [0.29, 0.717) is 5.69 Å². The Hall–Kier alpha value is -1.86. The third-order valence-corrected chi connectivity index (χ3v) is 6.80. The summed E-state index contributed by atoms with van der Waals surface area (Å²) < 4.78 is 26.6. The minimum atomic E-state index is -3.61. The molecule has 7 heteroatoms. The van der Waals surface area contributed by atoms with Crippen LogP contribution in [-0.4, -0.2) is 27.1 Å². The van der Waals surface area contributed by atoms with E-state index in [9.17, 15) is 13.2 Å². The van der Waals surface area contributed by atoms with Crippen molar-refractivity contribution >= 4 is 37.5 Å². The fourth-order valence-electron chi connectivity index (χ4n) is 2.96. The first-order valence-electron chi connectivity index (χ1n) is 9.42. The SMILES string of the molecule is Cc1cc(N(CC(=O)N[C@H](C)c2ccc(C(C)(C)C)cc2)S(C)(=O)=O)ccc1Br. The quantitative estimate of drug-likeness (QED) is 0.651. The van der Waals surface area contributed by atoms with E-state index in [4.69, 9.17) is 0 Å². The number of hydrogen-bond donors (Lipinski definition) is 1. The maximum absolute atomic E-state index is 12.6. The van der Waals surface area contributed by atoms with E-state index >= 15 is 0 Å². The van der Waals surface area contributed by atoms with E-state index in [1.807, 2.05) is 26.0 Å². The summed E-state index contributed by atoms with van der Waals surface area (Å²) in [4.78, 5) is 12.6. The molecule has 0 spiro atoms. The number of rotatable bonds is 6. The fraction of sp³-hybridized carbons (Fsp3) is 0.409. The Morgan fingerprint density at radius 3 is 2.21 bits per heavy atom. The summed E-state index contributed by atoms with van der Waals surface area (Å²) >= 11 is 3.41. The average molecular weight is 481 g/mol. The van der Waals surface area contributed by atoms with E-state index in [2.05, 4.69) is 54.2 Å². The van der Waals surface area contributed by atoms with Gasteiger partial charge < -0.3 is 5.32 Å². The summed E-state index contributed by atoms with van der Waals surface area (Å²) in [7, 11) is -3.61. The minimum absolute atomic E-state index is 0.0593. The van der Waals surface area contributed by atoms with Gasteiger partial charge in [0, 0.05) is 4.47 Å². The number of carbonyl (C=O) groups excluding carboxylic acids is 1. The number of halogens is 1. The maximum atomic E-state index is 12.6. The van der Waals surface area contributed by atoms with Gasteiger partial charge in [-0.2, -0.15) is 0 Å². The van der Waals surface area contributed by atoms with Crippen LogP contribution >= 0.6 is 15.9 Å². The third-order valence-electron chi connectivity index (χ3n) is 4.77. The first kappa shape index (κ1) is 23.4. The van der Waals surface area contributed by atoms with Crippen molar-refractivity contribution in [3.05, 3.63) is 63.6 Å². The predicted molar refractivity (Wildman–Crippen MR) is 123 cm³/mol. The molecular weight excluding hydrogens is 452 g/mol. The summed E-state index contributed by atoms with van der Waals surface area (Å²) in [5.41, 5.74) is 3.60. The number of sulfonamides is 1. The van der Waals surface area contributed by atoms with Crippen molar-refractivity contribution in [2.45, 2.75) is 46.1 Å². The van der Waals surface area contributed by atoms with E-state index < -0.39 is 10.0 Å². The summed E-state index contributed by atoms with van der Waals surface area (Å²) in [6, 6.07) is 13.1. The van der Waals surface area contributed by atoms with Crippen molar-refractivity contribution in [2.24, 2.45) is 0 Å². The smallest absolute Gasteiger partial charge is 0.241 e. The molecule has 0 fully saturated rings.